The summed E-state index contributed by atoms with van der Waals surface area (Å²) in [5, 5.41) is 13.9. The second kappa shape index (κ2) is 10.9. The zero-order valence-electron chi connectivity index (χ0n) is 22.3. The van der Waals surface area contributed by atoms with Gasteiger partial charge in [-0.2, -0.15) is 5.10 Å². The van der Waals surface area contributed by atoms with Crippen molar-refractivity contribution < 1.29 is 9.59 Å². The first-order chi connectivity index (χ1) is 17.5. The molecule has 0 aliphatic carbocycles. The number of aromatic amines is 1. The van der Waals surface area contributed by atoms with Crippen molar-refractivity contribution in [1.29, 1.82) is 0 Å². The number of carbonyl (C=O) groups is 2. The highest BCUT2D eigenvalue weighted by Crippen LogP contribution is 2.30. The molecule has 0 spiro atoms. The molecule has 2 amide bonds. The van der Waals surface area contributed by atoms with Crippen LogP contribution >= 0.6 is 11.3 Å². The number of thiophene rings is 1. The molecule has 0 atom stereocenters. The van der Waals surface area contributed by atoms with Crippen LogP contribution < -0.4 is 10.6 Å². The summed E-state index contributed by atoms with van der Waals surface area (Å²) >= 11 is 1.29. The minimum Gasteiger partial charge on any atom is -0.342 e. The lowest BCUT2D eigenvalue weighted by molar-refractivity contribution is 0.0915. The van der Waals surface area contributed by atoms with Gasteiger partial charge in [-0.05, 0) is 70.9 Å². The van der Waals surface area contributed by atoms with E-state index in [9.17, 15) is 9.59 Å². The summed E-state index contributed by atoms with van der Waals surface area (Å²) < 4.78 is 0. The van der Waals surface area contributed by atoms with Gasteiger partial charge in [0.25, 0.3) is 11.8 Å². The molecule has 0 aliphatic rings. The van der Waals surface area contributed by atoms with Gasteiger partial charge in [0, 0.05) is 24.2 Å². The van der Waals surface area contributed by atoms with Crippen molar-refractivity contribution in [2.24, 2.45) is 0 Å². The van der Waals surface area contributed by atoms with E-state index >= 15 is 0 Å². The number of H-pyrrole nitrogens is 1. The second-order valence-electron chi connectivity index (χ2n) is 10.4. The number of anilines is 1. The van der Waals surface area contributed by atoms with Gasteiger partial charge in [-0.1, -0.05) is 42.5 Å². The van der Waals surface area contributed by atoms with Gasteiger partial charge in [-0.3, -0.25) is 19.6 Å². The molecule has 3 N–H and O–H groups in total. The third-order valence-electron chi connectivity index (χ3n) is 6.54. The molecular formula is C29H35N5O2S. The molecule has 0 fully saturated rings. The molecule has 4 rings (SSSR count). The lowest BCUT2D eigenvalue weighted by Gasteiger charge is -2.30. The molecule has 2 aromatic heterocycles. The van der Waals surface area contributed by atoms with E-state index in [4.69, 9.17) is 0 Å². The maximum absolute atomic E-state index is 13.0. The summed E-state index contributed by atoms with van der Waals surface area (Å²) in [5.41, 5.74) is 2.21. The van der Waals surface area contributed by atoms with E-state index < -0.39 is 5.54 Å². The van der Waals surface area contributed by atoms with Crippen molar-refractivity contribution >= 4 is 39.2 Å². The van der Waals surface area contributed by atoms with Crippen molar-refractivity contribution in [3.8, 4) is 0 Å². The van der Waals surface area contributed by atoms with Crippen LogP contribution in [0.4, 0.5) is 5.82 Å². The topological polar surface area (TPSA) is 90.1 Å². The normalized spacial score (nSPS) is 12.0. The number of benzene rings is 2. The summed E-state index contributed by atoms with van der Waals surface area (Å²) in [4.78, 5) is 29.6. The molecule has 2 heterocycles. The Morgan fingerprint density at radius 2 is 1.62 bits per heavy atom. The average Bonchev–Trinajstić information content (AvgIpc) is 3.45. The van der Waals surface area contributed by atoms with Gasteiger partial charge < -0.3 is 10.6 Å². The van der Waals surface area contributed by atoms with Gasteiger partial charge in [0.15, 0.2) is 0 Å². The van der Waals surface area contributed by atoms with Crippen LogP contribution in [0.3, 0.4) is 0 Å². The van der Waals surface area contributed by atoms with Gasteiger partial charge in [0.05, 0.1) is 15.8 Å². The minimum absolute atomic E-state index is 0.179. The number of carbonyl (C=O) groups excluding carboxylic acids is 2. The summed E-state index contributed by atoms with van der Waals surface area (Å²) in [5.74, 6) is 0.0677. The fraction of sp³-hybridized carbons (Fsp3) is 0.345. The smallest absolute Gasteiger partial charge is 0.262 e. The van der Waals surface area contributed by atoms with Crippen LogP contribution in [0, 0.1) is 0 Å². The highest BCUT2D eigenvalue weighted by molar-refractivity contribution is 7.20. The van der Waals surface area contributed by atoms with E-state index in [1.165, 1.54) is 11.3 Å². The quantitative estimate of drug-likeness (QED) is 0.248. The van der Waals surface area contributed by atoms with Gasteiger partial charge in [-0.25, -0.2) is 0 Å². The molecule has 194 valence electrons. The summed E-state index contributed by atoms with van der Waals surface area (Å²) in [6.07, 6.45) is 0. The number of fused-ring (bicyclic) bond motifs is 1. The minimum atomic E-state index is -0.531. The van der Waals surface area contributed by atoms with E-state index in [-0.39, 0.29) is 11.8 Å². The standard InChI is InChI=1S/C29H35N5O2S/c1-18(2)34(19(3)4)17-20-12-14-21(15-13-20)26(35)30-25-23-16-24(37-28(23)33-32-25)27(36)31-29(5,6)22-10-8-7-9-11-22/h7-16,18-19H,17H2,1-6H3,(H,31,36)(H2,30,32,33,35). The van der Waals surface area contributed by atoms with Crippen molar-refractivity contribution in [3.63, 3.8) is 0 Å². The number of hydrogen-bond donors (Lipinski definition) is 3. The molecule has 0 radical (unpaired) electrons. The first kappa shape index (κ1) is 26.6. The third kappa shape index (κ3) is 6.09. The number of nitrogens with one attached hydrogen (secondary N) is 3. The fourth-order valence-corrected chi connectivity index (χ4v) is 5.30. The second-order valence-corrected chi connectivity index (χ2v) is 11.4. The van der Waals surface area contributed by atoms with E-state index in [0.29, 0.717) is 38.6 Å². The molecule has 37 heavy (non-hydrogen) atoms. The van der Waals surface area contributed by atoms with Crippen LogP contribution in [0.15, 0.2) is 60.7 Å². The predicted molar refractivity (Wildman–Crippen MR) is 151 cm³/mol. The molecular weight excluding hydrogens is 482 g/mol. The molecule has 0 aliphatic heterocycles. The first-order valence-corrected chi connectivity index (χ1v) is 13.4. The van der Waals surface area contributed by atoms with Crippen LogP contribution in [0.1, 0.15) is 72.7 Å². The van der Waals surface area contributed by atoms with Crippen molar-refractivity contribution in [2.45, 2.75) is 65.7 Å². The molecule has 0 bridgehead atoms. The fourth-order valence-electron chi connectivity index (χ4n) is 4.41. The summed E-state index contributed by atoms with van der Waals surface area (Å²) in [7, 11) is 0. The van der Waals surface area contributed by atoms with Gasteiger partial charge in [0.1, 0.15) is 10.6 Å². The molecule has 4 aromatic rings. The van der Waals surface area contributed by atoms with E-state index in [1.54, 1.807) is 6.07 Å². The number of amides is 2. The molecule has 0 unspecified atom stereocenters. The Balaban J connectivity index is 1.44. The molecule has 8 heteroatoms. The Bertz CT molecular complexity index is 1360. The summed E-state index contributed by atoms with van der Waals surface area (Å²) in [6, 6.07) is 20.2. The number of hydrogen-bond acceptors (Lipinski definition) is 5. The van der Waals surface area contributed by atoms with Crippen LogP contribution in [-0.2, 0) is 12.1 Å². The Morgan fingerprint density at radius 3 is 2.24 bits per heavy atom. The number of rotatable bonds is 9. The highest BCUT2D eigenvalue weighted by atomic mass is 32.1. The van der Waals surface area contributed by atoms with Crippen LogP contribution in [0.2, 0.25) is 0 Å². The van der Waals surface area contributed by atoms with E-state index in [0.717, 1.165) is 17.7 Å². The predicted octanol–water partition coefficient (Wildman–Crippen LogP) is 6.16. The lowest BCUT2D eigenvalue weighted by atomic mass is 9.94. The number of nitrogens with zero attached hydrogens (tertiary/aromatic N) is 2. The summed E-state index contributed by atoms with van der Waals surface area (Å²) in [6.45, 7) is 13.5. The van der Waals surface area contributed by atoms with Gasteiger partial charge in [-0.15, -0.1) is 11.3 Å². The Kier molecular flexibility index (Phi) is 7.80. The lowest BCUT2D eigenvalue weighted by Crippen LogP contribution is -2.40. The number of aromatic nitrogens is 2. The third-order valence-corrected chi connectivity index (χ3v) is 7.57. The maximum atomic E-state index is 13.0. The van der Waals surface area contributed by atoms with Crippen LogP contribution in [0.25, 0.3) is 10.2 Å². The molecule has 0 saturated heterocycles. The van der Waals surface area contributed by atoms with Gasteiger partial charge in [0.2, 0.25) is 0 Å². The molecule has 2 aromatic carbocycles. The van der Waals surface area contributed by atoms with Gasteiger partial charge >= 0.3 is 0 Å². The molecule has 7 nitrogen and oxygen atoms in total. The van der Waals surface area contributed by atoms with E-state index in [2.05, 4.69) is 53.4 Å². The van der Waals surface area contributed by atoms with Crippen LogP contribution in [0.5, 0.6) is 0 Å². The zero-order valence-corrected chi connectivity index (χ0v) is 23.1. The Hall–Kier alpha value is -3.49. The van der Waals surface area contributed by atoms with E-state index in [1.807, 2.05) is 68.4 Å². The zero-order chi connectivity index (χ0) is 26.7. The van der Waals surface area contributed by atoms with Crippen molar-refractivity contribution in [2.75, 3.05) is 5.32 Å². The Morgan fingerprint density at radius 1 is 0.973 bits per heavy atom. The Labute approximate surface area is 222 Å². The van der Waals surface area contributed by atoms with Crippen LogP contribution in [-0.4, -0.2) is 39.0 Å². The van der Waals surface area contributed by atoms with Crippen molar-refractivity contribution in [3.05, 3.63) is 82.2 Å². The average molecular weight is 518 g/mol. The maximum Gasteiger partial charge on any atom is 0.262 e. The first-order valence-electron chi connectivity index (χ1n) is 12.6. The monoisotopic (exact) mass is 517 g/mol. The SMILES string of the molecule is CC(C)N(Cc1ccc(C(=O)Nc2[nH]nc3sc(C(=O)NC(C)(C)c4ccccc4)cc23)cc1)C(C)C. The van der Waals surface area contributed by atoms with Crippen molar-refractivity contribution in [1.82, 2.24) is 20.4 Å². The largest absolute Gasteiger partial charge is 0.342 e. The highest BCUT2D eigenvalue weighted by Gasteiger charge is 2.25. The molecule has 0 saturated carbocycles.